The van der Waals surface area contributed by atoms with Crippen molar-refractivity contribution in [2.75, 3.05) is 22.7 Å². The van der Waals surface area contributed by atoms with Crippen LogP contribution in [0.2, 0.25) is 0 Å². The molecular formula is C15H17FN4O2S. The minimum atomic E-state index is -3.86. The van der Waals surface area contributed by atoms with E-state index >= 15 is 0 Å². The Kier molecular flexibility index (Phi) is 4.42. The number of aromatic nitrogens is 2. The summed E-state index contributed by atoms with van der Waals surface area (Å²) in [7, 11) is -3.86. The van der Waals surface area contributed by atoms with Gasteiger partial charge in [-0.05, 0) is 37.5 Å². The van der Waals surface area contributed by atoms with E-state index < -0.39 is 15.8 Å². The average molecular weight is 336 g/mol. The van der Waals surface area contributed by atoms with Gasteiger partial charge in [0, 0.05) is 13.1 Å². The molecule has 3 rings (SSSR count). The third kappa shape index (κ3) is 3.76. The molecule has 6 nitrogen and oxygen atoms in total. The van der Waals surface area contributed by atoms with E-state index in [0.29, 0.717) is 5.95 Å². The van der Waals surface area contributed by atoms with Crippen molar-refractivity contribution in [3.63, 3.8) is 0 Å². The van der Waals surface area contributed by atoms with Gasteiger partial charge in [-0.3, -0.25) is 4.72 Å². The van der Waals surface area contributed by atoms with Crippen molar-refractivity contribution >= 4 is 21.7 Å². The van der Waals surface area contributed by atoms with Crippen LogP contribution >= 0.6 is 0 Å². The normalized spacial score (nSPS) is 15.4. The molecule has 0 bridgehead atoms. The number of sulfonamides is 1. The third-order valence-electron chi connectivity index (χ3n) is 3.64. The Morgan fingerprint density at radius 3 is 2.43 bits per heavy atom. The lowest BCUT2D eigenvalue weighted by molar-refractivity contribution is 0.568. The fourth-order valence-corrected chi connectivity index (χ4v) is 3.54. The number of rotatable bonds is 4. The number of nitrogens with one attached hydrogen (secondary N) is 1. The maximum Gasteiger partial charge on any atom is 0.262 e. The first-order valence-corrected chi connectivity index (χ1v) is 8.88. The average Bonchev–Trinajstić information content (AvgIpc) is 2.56. The third-order valence-corrected chi connectivity index (χ3v) is 5.01. The van der Waals surface area contributed by atoms with Crippen LogP contribution in [0.4, 0.5) is 16.0 Å². The summed E-state index contributed by atoms with van der Waals surface area (Å²) in [6, 6.07) is 4.83. The SMILES string of the molecule is O=S(=O)(Nc1cnc(N2CCCCC2)nc1)c1cccc(F)c1. The summed E-state index contributed by atoms with van der Waals surface area (Å²) in [5.74, 6) is -0.0111. The summed E-state index contributed by atoms with van der Waals surface area (Å²) in [4.78, 5) is 10.4. The lowest BCUT2D eigenvalue weighted by atomic mass is 10.1. The molecule has 0 spiro atoms. The van der Waals surface area contributed by atoms with Gasteiger partial charge in [0.2, 0.25) is 5.95 Å². The number of benzene rings is 1. The second-order valence-corrected chi connectivity index (χ2v) is 7.06. The van der Waals surface area contributed by atoms with Gasteiger partial charge < -0.3 is 4.90 Å². The zero-order valence-corrected chi connectivity index (χ0v) is 13.3. The van der Waals surface area contributed by atoms with Gasteiger partial charge in [0.1, 0.15) is 5.82 Å². The predicted molar refractivity (Wildman–Crippen MR) is 85.3 cm³/mol. The Bertz CT molecular complexity index is 774. The van der Waals surface area contributed by atoms with Gasteiger partial charge in [0.25, 0.3) is 10.0 Å². The van der Waals surface area contributed by atoms with E-state index in [0.717, 1.165) is 32.0 Å². The standard InChI is InChI=1S/C15H17FN4O2S/c16-12-5-4-6-14(9-12)23(21,22)19-13-10-17-15(18-11-13)20-7-2-1-3-8-20/h4-6,9-11,19H,1-3,7-8H2. The van der Waals surface area contributed by atoms with Gasteiger partial charge in [-0.25, -0.2) is 22.8 Å². The molecule has 1 N–H and O–H groups in total. The van der Waals surface area contributed by atoms with Gasteiger partial charge in [-0.2, -0.15) is 0 Å². The molecule has 1 aromatic heterocycles. The van der Waals surface area contributed by atoms with Crippen LogP contribution in [0.3, 0.4) is 0 Å². The van der Waals surface area contributed by atoms with Gasteiger partial charge in [0.15, 0.2) is 0 Å². The number of nitrogens with zero attached hydrogens (tertiary/aromatic N) is 3. The molecular weight excluding hydrogens is 319 g/mol. The van der Waals surface area contributed by atoms with Crippen LogP contribution < -0.4 is 9.62 Å². The fraction of sp³-hybridized carbons (Fsp3) is 0.333. The van der Waals surface area contributed by atoms with Crippen molar-refractivity contribution in [2.45, 2.75) is 24.2 Å². The van der Waals surface area contributed by atoms with E-state index in [-0.39, 0.29) is 10.6 Å². The largest absolute Gasteiger partial charge is 0.341 e. The Hall–Kier alpha value is -2.22. The highest BCUT2D eigenvalue weighted by molar-refractivity contribution is 7.92. The number of piperidine rings is 1. The summed E-state index contributed by atoms with van der Waals surface area (Å²) in [6.45, 7) is 1.82. The molecule has 1 fully saturated rings. The topological polar surface area (TPSA) is 75.2 Å². The van der Waals surface area contributed by atoms with Crippen LogP contribution in [0.1, 0.15) is 19.3 Å². The van der Waals surface area contributed by atoms with E-state index in [9.17, 15) is 12.8 Å². The molecule has 23 heavy (non-hydrogen) atoms. The second kappa shape index (κ2) is 6.49. The molecule has 1 aromatic carbocycles. The number of anilines is 2. The predicted octanol–water partition coefficient (Wildman–Crippen LogP) is 2.41. The maximum atomic E-state index is 13.2. The van der Waals surface area contributed by atoms with Crippen LogP contribution in [-0.2, 0) is 10.0 Å². The van der Waals surface area contributed by atoms with Crippen LogP contribution in [0.5, 0.6) is 0 Å². The van der Waals surface area contributed by atoms with Gasteiger partial charge in [0.05, 0.1) is 23.0 Å². The molecule has 0 radical (unpaired) electrons. The van der Waals surface area contributed by atoms with E-state index in [1.54, 1.807) is 0 Å². The molecule has 0 saturated carbocycles. The zero-order chi connectivity index (χ0) is 16.3. The van der Waals surface area contributed by atoms with Crippen molar-refractivity contribution in [1.82, 2.24) is 9.97 Å². The van der Waals surface area contributed by atoms with Crippen molar-refractivity contribution in [2.24, 2.45) is 0 Å². The number of halogens is 1. The quantitative estimate of drug-likeness (QED) is 0.928. The van der Waals surface area contributed by atoms with E-state index in [1.807, 2.05) is 0 Å². The monoisotopic (exact) mass is 336 g/mol. The molecule has 8 heteroatoms. The minimum Gasteiger partial charge on any atom is -0.341 e. The van der Waals surface area contributed by atoms with E-state index in [2.05, 4.69) is 19.6 Å². The lowest BCUT2D eigenvalue weighted by Gasteiger charge is -2.26. The highest BCUT2D eigenvalue weighted by Crippen LogP contribution is 2.19. The lowest BCUT2D eigenvalue weighted by Crippen LogP contribution is -2.30. The molecule has 1 aliphatic heterocycles. The van der Waals surface area contributed by atoms with Crippen molar-refractivity contribution in [3.8, 4) is 0 Å². The number of hydrogen-bond acceptors (Lipinski definition) is 5. The Morgan fingerprint density at radius 2 is 1.78 bits per heavy atom. The molecule has 0 aliphatic carbocycles. The van der Waals surface area contributed by atoms with Crippen LogP contribution in [-0.4, -0.2) is 31.5 Å². The summed E-state index contributed by atoms with van der Waals surface area (Å²) in [6.07, 6.45) is 6.28. The summed E-state index contributed by atoms with van der Waals surface area (Å²) < 4.78 is 39.9. The molecule has 1 saturated heterocycles. The molecule has 2 heterocycles. The zero-order valence-electron chi connectivity index (χ0n) is 12.4. The van der Waals surface area contributed by atoms with Gasteiger partial charge in [-0.15, -0.1) is 0 Å². The van der Waals surface area contributed by atoms with Gasteiger partial charge >= 0.3 is 0 Å². The Morgan fingerprint density at radius 1 is 1.09 bits per heavy atom. The first-order valence-electron chi connectivity index (χ1n) is 7.40. The summed E-state index contributed by atoms with van der Waals surface area (Å²) in [5, 5.41) is 0. The second-order valence-electron chi connectivity index (χ2n) is 5.38. The fourth-order valence-electron chi connectivity index (χ4n) is 2.48. The van der Waals surface area contributed by atoms with Gasteiger partial charge in [-0.1, -0.05) is 6.07 Å². The minimum absolute atomic E-state index is 0.141. The molecule has 0 amide bonds. The van der Waals surface area contributed by atoms with E-state index in [1.165, 1.54) is 37.0 Å². The molecule has 122 valence electrons. The van der Waals surface area contributed by atoms with E-state index in [4.69, 9.17) is 0 Å². The molecule has 2 aromatic rings. The summed E-state index contributed by atoms with van der Waals surface area (Å²) in [5.41, 5.74) is 0.245. The highest BCUT2D eigenvalue weighted by atomic mass is 32.2. The molecule has 0 unspecified atom stereocenters. The van der Waals surface area contributed by atoms with Crippen molar-refractivity contribution < 1.29 is 12.8 Å². The van der Waals surface area contributed by atoms with Crippen LogP contribution in [0, 0.1) is 5.82 Å². The Labute approximate surface area is 134 Å². The summed E-state index contributed by atoms with van der Waals surface area (Å²) >= 11 is 0. The number of hydrogen-bond donors (Lipinski definition) is 1. The Balaban J connectivity index is 1.75. The maximum absolute atomic E-state index is 13.2. The smallest absolute Gasteiger partial charge is 0.262 e. The van der Waals surface area contributed by atoms with Crippen molar-refractivity contribution in [3.05, 3.63) is 42.5 Å². The van der Waals surface area contributed by atoms with Crippen molar-refractivity contribution in [1.29, 1.82) is 0 Å². The molecule has 0 atom stereocenters. The van der Waals surface area contributed by atoms with Crippen LogP contribution in [0.25, 0.3) is 0 Å². The first kappa shape index (κ1) is 15.7. The van der Waals surface area contributed by atoms with Crippen LogP contribution in [0.15, 0.2) is 41.6 Å². The first-order chi connectivity index (χ1) is 11.0. The highest BCUT2D eigenvalue weighted by Gasteiger charge is 2.17. The molecule has 1 aliphatic rings.